The van der Waals surface area contributed by atoms with Crippen LogP contribution in [-0.4, -0.2) is 53.7 Å². The van der Waals surface area contributed by atoms with E-state index in [-0.39, 0.29) is 10.9 Å². The number of anilines is 1. The van der Waals surface area contributed by atoms with E-state index in [0.29, 0.717) is 25.3 Å². The van der Waals surface area contributed by atoms with Crippen molar-refractivity contribution in [2.75, 3.05) is 39.7 Å². The molecule has 0 aliphatic carbocycles. The molecule has 0 aliphatic rings. The number of rotatable bonds is 7. The lowest BCUT2D eigenvalue weighted by Crippen LogP contribution is -2.27. The Morgan fingerprint density at radius 3 is 2.38 bits per heavy atom. The van der Waals surface area contributed by atoms with E-state index in [0.717, 1.165) is 0 Å². The Hall–Kier alpha value is -1.64. The van der Waals surface area contributed by atoms with E-state index in [1.807, 2.05) is 0 Å². The topological polar surface area (TPSA) is 87.7 Å². The van der Waals surface area contributed by atoms with Gasteiger partial charge in [0.15, 0.2) is 0 Å². The van der Waals surface area contributed by atoms with Crippen LogP contribution in [-0.2, 0) is 14.8 Å². The molecular weight excluding hydrogens is 294 g/mol. The molecule has 1 rings (SSSR count). The number of ether oxygens (including phenoxy) is 1. The van der Waals surface area contributed by atoms with Crippen molar-refractivity contribution in [1.82, 2.24) is 9.62 Å². The van der Waals surface area contributed by atoms with E-state index in [1.54, 1.807) is 33.3 Å². The van der Waals surface area contributed by atoms with E-state index < -0.39 is 10.0 Å². The smallest absolute Gasteiger partial charge is 0.321 e. The lowest BCUT2D eigenvalue weighted by molar-refractivity contribution is 0.196. The molecule has 8 heteroatoms. The van der Waals surface area contributed by atoms with E-state index in [1.165, 1.54) is 17.0 Å². The molecule has 0 fully saturated rings. The molecule has 2 amide bonds. The van der Waals surface area contributed by atoms with Crippen molar-refractivity contribution >= 4 is 21.7 Å². The molecule has 0 saturated carbocycles. The number of benzene rings is 1. The highest BCUT2D eigenvalue weighted by molar-refractivity contribution is 7.89. The number of sulfonamides is 1. The standard InChI is InChI=1S/C13H21N3O4S/c1-16(2)13(17)15-11-5-7-12(8-6-11)21(18,19)14-9-4-10-20-3/h5-8,14H,4,9-10H2,1-3H3,(H,15,17). The van der Waals surface area contributed by atoms with Gasteiger partial charge in [0.2, 0.25) is 10.0 Å². The average molecular weight is 315 g/mol. The Morgan fingerprint density at radius 2 is 1.86 bits per heavy atom. The van der Waals surface area contributed by atoms with E-state index in [2.05, 4.69) is 10.0 Å². The van der Waals surface area contributed by atoms with Crippen LogP contribution in [0.15, 0.2) is 29.2 Å². The molecule has 1 aromatic rings. The van der Waals surface area contributed by atoms with Gasteiger partial charge in [-0.3, -0.25) is 0 Å². The van der Waals surface area contributed by atoms with Gasteiger partial charge in [0.1, 0.15) is 0 Å². The Bertz CT molecular complexity index is 555. The molecule has 1 aromatic carbocycles. The number of methoxy groups -OCH3 is 1. The third kappa shape index (κ3) is 5.70. The normalized spacial score (nSPS) is 11.2. The van der Waals surface area contributed by atoms with Crippen LogP contribution in [0.2, 0.25) is 0 Å². The maximum absolute atomic E-state index is 12.0. The minimum absolute atomic E-state index is 0.155. The van der Waals surface area contributed by atoms with Gasteiger partial charge in [0.25, 0.3) is 0 Å². The van der Waals surface area contributed by atoms with Crippen molar-refractivity contribution in [2.45, 2.75) is 11.3 Å². The maximum atomic E-state index is 12.0. The molecule has 0 spiro atoms. The molecule has 21 heavy (non-hydrogen) atoms. The molecule has 2 N–H and O–H groups in total. The lowest BCUT2D eigenvalue weighted by atomic mass is 10.3. The third-order valence-corrected chi connectivity index (χ3v) is 4.12. The van der Waals surface area contributed by atoms with Crippen LogP contribution < -0.4 is 10.0 Å². The Kier molecular flexibility index (Phi) is 6.60. The molecular formula is C13H21N3O4S. The van der Waals surface area contributed by atoms with Crippen LogP contribution in [0.3, 0.4) is 0 Å². The van der Waals surface area contributed by atoms with Gasteiger partial charge < -0.3 is 15.0 Å². The Labute approximate surface area is 125 Å². The van der Waals surface area contributed by atoms with E-state index in [4.69, 9.17) is 4.74 Å². The van der Waals surface area contributed by atoms with Gasteiger partial charge in [-0.2, -0.15) is 0 Å². The van der Waals surface area contributed by atoms with Crippen molar-refractivity contribution < 1.29 is 17.9 Å². The molecule has 0 aliphatic heterocycles. The van der Waals surface area contributed by atoms with Crippen LogP contribution >= 0.6 is 0 Å². The fourth-order valence-electron chi connectivity index (χ4n) is 1.46. The summed E-state index contributed by atoms with van der Waals surface area (Å²) in [6.45, 7) is 0.813. The summed E-state index contributed by atoms with van der Waals surface area (Å²) in [5.41, 5.74) is 0.534. The first kappa shape index (κ1) is 17.4. The quantitative estimate of drug-likeness (QED) is 0.737. The first-order chi connectivity index (χ1) is 9.86. The second-order valence-corrected chi connectivity index (χ2v) is 6.36. The number of nitrogens with one attached hydrogen (secondary N) is 2. The summed E-state index contributed by atoms with van der Waals surface area (Å²) in [5, 5.41) is 2.64. The van der Waals surface area contributed by atoms with Crippen LogP contribution in [0, 0.1) is 0 Å². The number of amides is 2. The zero-order valence-electron chi connectivity index (χ0n) is 12.4. The number of hydrogen-bond donors (Lipinski definition) is 2. The molecule has 0 unspecified atom stereocenters. The summed E-state index contributed by atoms with van der Waals surface area (Å²) in [6.07, 6.45) is 0.604. The molecule has 0 atom stereocenters. The van der Waals surface area contributed by atoms with Crippen molar-refractivity contribution in [2.24, 2.45) is 0 Å². The minimum atomic E-state index is -3.53. The monoisotopic (exact) mass is 315 g/mol. The number of carbonyl (C=O) groups excluding carboxylic acids is 1. The summed E-state index contributed by atoms with van der Waals surface area (Å²) in [7, 11) is 1.28. The first-order valence-electron chi connectivity index (χ1n) is 6.44. The Morgan fingerprint density at radius 1 is 1.24 bits per heavy atom. The van der Waals surface area contributed by atoms with Gasteiger partial charge in [0.05, 0.1) is 4.90 Å². The molecule has 0 radical (unpaired) electrons. The molecule has 0 heterocycles. The summed E-state index contributed by atoms with van der Waals surface area (Å²) >= 11 is 0. The second kappa shape index (κ2) is 7.96. The fraction of sp³-hybridized carbons (Fsp3) is 0.462. The molecule has 118 valence electrons. The van der Waals surface area contributed by atoms with Crippen molar-refractivity contribution in [1.29, 1.82) is 0 Å². The predicted octanol–water partition coefficient (Wildman–Crippen LogP) is 1.09. The van der Waals surface area contributed by atoms with Crippen molar-refractivity contribution in [3.63, 3.8) is 0 Å². The maximum Gasteiger partial charge on any atom is 0.321 e. The van der Waals surface area contributed by atoms with Crippen LogP contribution in [0.25, 0.3) is 0 Å². The summed E-state index contributed by atoms with van der Waals surface area (Å²) in [4.78, 5) is 13.0. The molecule has 7 nitrogen and oxygen atoms in total. The fourth-order valence-corrected chi connectivity index (χ4v) is 2.53. The first-order valence-corrected chi connectivity index (χ1v) is 7.92. The average Bonchev–Trinajstić information content (AvgIpc) is 2.44. The Balaban J connectivity index is 2.66. The molecule has 0 bridgehead atoms. The van der Waals surface area contributed by atoms with Gasteiger partial charge in [-0.15, -0.1) is 0 Å². The van der Waals surface area contributed by atoms with Gasteiger partial charge in [0, 0.05) is 40.0 Å². The summed E-state index contributed by atoms with van der Waals surface area (Å²) < 4.78 is 31.3. The van der Waals surface area contributed by atoms with E-state index >= 15 is 0 Å². The SMILES string of the molecule is COCCCNS(=O)(=O)c1ccc(NC(=O)N(C)C)cc1. The minimum Gasteiger partial charge on any atom is -0.385 e. The van der Waals surface area contributed by atoms with Gasteiger partial charge in [-0.25, -0.2) is 17.9 Å². The highest BCUT2D eigenvalue weighted by Crippen LogP contribution is 2.14. The number of nitrogens with zero attached hydrogens (tertiary/aromatic N) is 1. The van der Waals surface area contributed by atoms with Crippen LogP contribution in [0.4, 0.5) is 10.5 Å². The van der Waals surface area contributed by atoms with Gasteiger partial charge in [-0.1, -0.05) is 0 Å². The van der Waals surface area contributed by atoms with Gasteiger partial charge in [-0.05, 0) is 30.7 Å². The largest absolute Gasteiger partial charge is 0.385 e. The second-order valence-electron chi connectivity index (χ2n) is 4.59. The summed E-state index contributed by atoms with van der Waals surface area (Å²) in [5.74, 6) is 0. The highest BCUT2D eigenvalue weighted by Gasteiger charge is 2.13. The number of hydrogen-bond acceptors (Lipinski definition) is 4. The van der Waals surface area contributed by atoms with Gasteiger partial charge >= 0.3 is 6.03 Å². The predicted molar refractivity (Wildman–Crippen MR) is 80.8 cm³/mol. The zero-order valence-corrected chi connectivity index (χ0v) is 13.2. The third-order valence-electron chi connectivity index (χ3n) is 2.64. The summed E-state index contributed by atoms with van der Waals surface area (Å²) in [6, 6.07) is 5.72. The zero-order chi connectivity index (χ0) is 15.9. The van der Waals surface area contributed by atoms with Crippen molar-refractivity contribution in [3.05, 3.63) is 24.3 Å². The van der Waals surface area contributed by atoms with E-state index in [9.17, 15) is 13.2 Å². The van der Waals surface area contributed by atoms with Crippen LogP contribution in [0.5, 0.6) is 0 Å². The van der Waals surface area contributed by atoms with Crippen molar-refractivity contribution in [3.8, 4) is 0 Å². The van der Waals surface area contributed by atoms with Crippen LogP contribution in [0.1, 0.15) is 6.42 Å². The highest BCUT2D eigenvalue weighted by atomic mass is 32.2. The molecule has 0 saturated heterocycles. The molecule has 0 aromatic heterocycles. The number of urea groups is 1. The lowest BCUT2D eigenvalue weighted by Gasteiger charge is -2.12. The number of carbonyl (C=O) groups is 1.